The Morgan fingerprint density at radius 2 is 1.76 bits per heavy atom. The maximum absolute atomic E-state index is 5.74. The van der Waals surface area contributed by atoms with Crippen molar-refractivity contribution in [1.82, 2.24) is 14.3 Å². The zero-order valence-electron chi connectivity index (χ0n) is 16.1. The van der Waals surface area contributed by atoms with Crippen LogP contribution in [0.25, 0.3) is 21.3 Å². The molecule has 0 atom stereocenters. The topological polar surface area (TPSA) is 58.3 Å². The summed E-state index contributed by atoms with van der Waals surface area (Å²) in [5, 5.41) is 3.91. The highest BCUT2D eigenvalue weighted by molar-refractivity contribution is 7.14. The van der Waals surface area contributed by atoms with E-state index in [-0.39, 0.29) is 0 Å². The molecule has 1 aliphatic heterocycles. The van der Waals surface area contributed by atoms with E-state index in [9.17, 15) is 0 Å². The summed E-state index contributed by atoms with van der Waals surface area (Å²) < 4.78 is 5.98. The summed E-state index contributed by atoms with van der Waals surface area (Å²) in [6.07, 6.45) is 1.07. The van der Waals surface area contributed by atoms with Crippen LogP contribution >= 0.6 is 22.9 Å². The quantitative estimate of drug-likeness (QED) is 0.519. The Bertz CT molecular complexity index is 1090. The third-order valence-corrected chi connectivity index (χ3v) is 7.01. The van der Waals surface area contributed by atoms with Crippen LogP contribution in [0.5, 0.6) is 0 Å². The summed E-state index contributed by atoms with van der Waals surface area (Å²) in [6, 6.07) is 17.2. The number of nitrogens with zero attached hydrogens (tertiary/aromatic N) is 4. The molecule has 5 rings (SSSR count). The van der Waals surface area contributed by atoms with Crippen LogP contribution < -0.4 is 10.6 Å². The maximum Gasteiger partial charge on any atom is 0.180 e. The van der Waals surface area contributed by atoms with Crippen molar-refractivity contribution in [2.24, 2.45) is 0 Å². The van der Waals surface area contributed by atoms with E-state index < -0.39 is 0 Å². The number of nitrogens with two attached hydrogens (primary N) is 1. The molecule has 148 valence electrons. The predicted octanol–water partition coefficient (Wildman–Crippen LogP) is 4.37. The van der Waals surface area contributed by atoms with Gasteiger partial charge in [-0.15, -0.1) is 11.3 Å². The third-order valence-electron chi connectivity index (χ3n) is 5.52. The second-order valence-corrected chi connectivity index (χ2v) is 9.04. The van der Waals surface area contributed by atoms with Gasteiger partial charge < -0.3 is 10.6 Å². The summed E-state index contributed by atoms with van der Waals surface area (Å²) in [7, 11) is 0. The van der Waals surface area contributed by atoms with Crippen molar-refractivity contribution in [3.63, 3.8) is 0 Å². The van der Waals surface area contributed by atoms with Crippen molar-refractivity contribution < 1.29 is 0 Å². The van der Waals surface area contributed by atoms with Crippen molar-refractivity contribution in [2.75, 3.05) is 43.4 Å². The molecule has 0 unspecified atom stereocenters. The smallest absolute Gasteiger partial charge is 0.180 e. The van der Waals surface area contributed by atoms with E-state index in [1.165, 1.54) is 27.0 Å². The van der Waals surface area contributed by atoms with Gasteiger partial charge in [-0.05, 0) is 35.6 Å². The summed E-state index contributed by atoms with van der Waals surface area (Å²) in [5.41, 5.74) is 9.20. The van der Waals surface area contributed by atoms with E-state index in [2.05, 4.69) is 63.3 Å². The van der Waals surface area contributed by atoms with Gasteiger partial charge in [0.05, 0.1) is 10.4 Å². The van der Waals surface area contributed by atoms with Gasteiger partial charge in [0.25, 0.3) is 0 Å². The maximum atomic E-state index is 5.74. The second kappa shape index (κ2) is 8.10. The molecule has 7 heteroatoms. The Labute approximate surface area is 178 Å². The van der Waals surface area contributed by atoms with Crippen LogP contribution in [-0.4, -0.2) is 47.0 Å². The average Bonchev–Trinajstić information content (AvgIpc) is 3.39. The molecule has 3 heterocycles. The molecule has 0 bridgehead atoms. The van der Waals surface area contributed by atoms with Gasteiger partial charge in [0, 0.05) is 49.1 Å². The van der Waals surface area contributed by atoms with Crippen molar-refractivity contribution in [3.8, 4) is 11.3 Å². The Morgan fingerprint density at radius 3 is 2.52 bits per heavy atom. The Morgan fingerprint density at radius 1 is 0.966 bits per heavy atom. The van der Waals surface area contributed by atoms with Gasteiger partial charge in [0.1, 0.15) is 5.82 Å². The number of aromatic nitrogens is 2. The highest BCUT2D eigenvalue weighted by atomic mass is 32.1. The van der Waals surface area contributed by atoms with Crippen LogP contribution in [0.4, 0.5) is 10.9 Å². The monoisotopic (exact) mass is 421 g/mol. The van der Waals surface area contributed by atoms with E-state index in [4.69, 9.17) is 10.1 Å². The second-order valence-electron chi connectivity index (χ2n) is 7.35. The molecular weight excluding hydrogens is 398 g/mol. The molecular formula is C22H23N5S2. The molecule has 2 N–H and O–H groups in total. The Hall–Kier alpha value is -2.48. The normalized spacial score (nSPS) is 15.2. The summed E-state index contributed by atoms with van der Waals surface area (Å²) in [4.78, 5) is 9.35. The highest BCUT2D eigenvalue weighted by Gasteiger charge is 2.20. The van der Waals surface area contributed by atoms with Crippen molar-refractivity contribution in [2.45, 2.75) is 6.42 Å². The van der Waals surface area contributed by atoms with Crippen LogP contribution in [0.15, 0.2) is 53.9 Å². The van der Waals surface area contributed by atoms with Crippen molar-refractivity contribution >= 4 is 43.9 Å². The standard InChI is InChI=1S/C22H23N5S2/c23-22-24-19(15-28-22)17-7-5-16(6-8-17)9-10-26-11-13-27(14-12-26)21-18-3-1-2-4-20(18)29-25-21/h1-8,15H,9-14H2,(H2,23,24). The van der Waals surface area contributed by atoms with Crippen LogP contribution in [0.3, 0.4) is 0 Å². The van der Waals surface area contributed by atoms with Crippen LogP contribution in [0.2, 0.25) is 0 Å². The summed E-state index contributed by atoms with van der Waals surface area (Å²) >= 11 is 3.08. The molecule has 5 nitrogen and oxygen atoms in total. The summed E-state index contributed by atoms with van der Waals surface area (Å²) in [5.74, 6) is 1.16. The number of benzene rings is 2. The molecule has 4 aromatic rings. The summed E-state index contributed by atoms with van der Waals surface area (Å²) in [6.45, 7) is 5.34. The number of hydrogen-bond donors (Lipinski definition) is 1. The Kier molecular flexibility index (Phi) is 5.18. The number of fused-ring (bicyclic) bond motifs is 1. The van der Waals surface area contributed by atoms with Gasteiger partial charge in [-0.2, -0.15) is 4.37 Å². The predicted molar refractivity (Wildman–Crippen MR) is 124 cm³/mol. The number of thiazole rings is 1. The lowest BCUT2D eigenvalue weighted by Crippen LogP contribution is -2.47. The van der Waals surface area contributed by atoms with E-state index >= 15 is 0 Å². The lowest BCUT2D eigenvalue weighted by molar-refractivity contribution is 0.261. The van der Waals surface area contributed by atoms with Gasteiger partial charge in [0.15, 0.2) is 5.13 Å². The van der Waals surface area contributed by atoms with Gasteiger partial charge in [-0.1, -0.05) is 36.4 Å². The molecule has 1 saturated heterocycles. The minimum atomic E-state index is 0.619. The fourth-order valence-corrected chi connectivity index (χ4v) is 5.20. The van der Waals surface area contributed by atoms with E-state index in [0.29, 0.717) is 5.13 Å². The molecule has 1 aliphatic rings. The zero-order valence-corrected chi connectivity index (χ0v) is 17.8. The first kappa shape index (κ1) is 18.5. The fourth-order valence-electron chi connectivity index (χ4n) is 3.83. The van der Waals surface area contributed by atoms with Gasteiger partial charge in [-0.25, -0.2) is 4.98 Å². The van der Waals surface area contributed by atoms with Crippen LogP contribution in [0, 0.1) is 0 Å². The molecule has 0 spiro atoms. The highest BCUT2D eigenvalue weighted by Crippen LogP contribution is 2.30. The van der Waals surface area contributed by atoms with E-state index in [1.54, 1.807) is 11.5 Å². The molecule has 0 radical (unpaired) electrons. The first-order valence-corrected chi connectivity index (χ1v) is 11.5. The molecule has 0 saturated carbocycles. The molecule has 0 amide bonds. The molecule has 29 heavy (non-hydrogen) atoms. The number of nitrogen functional groups attached to an aromatic ring is 1. The Balaban J connectivity index is 1.15. The van der Waals surface area contributed by atoms with Crippen LogP contribution in [-0.2, 0) is 6.42 Å². The van der Waals surface area contributed by atoms with Gasteiger partial charge in [-0.3, -0.25) is 4.90 Å². The van der Waals surface area contributed by atoms with E-state index in [0.717, 1.165) is 56.2 Å². The van der Waals surface area contributed by atoms with Gasteiger partial charge >= 0.3 is 0 Å². The number of piperazine rings is 1. The number of rotatable bonds is 5. The first-order valence-electron chi connectivity index (χ1n) is 9.88. The molecule has 2 aromatic carbocycles. The number of hydrogen-bond acceptors (Lipinski definition) is 7. The largest absolute Gasteiger partial charge is 0.375 e. The molecule has 2 aromatic heterocycles. The van der Waals surface area contributed by atoms with Crippen LogP contribution in [0.1, 0.15) is 5.56 Å². The van der Waals surface area contributed by atoms with E-state index in [1.807, 2.05) is 5.38 Å². The minimum absolute atomic E-state index is 0.619. The molecule has 1 fully saturated rings. The third kappa shape index (κ3) is 3.99. The number of anilines is 2. The fraction of sp³-hybridized carbons (Fsp3) is 0.273. The van der Waals surface area contributed by atoms with Crippen molar-refractivity contribution in [1.29, 1.82) is 0 Å². The van der Waals surface area contributed by atoms with Gasteiger partial charge in [0.2, 0.25) is 0 Å². The molecule has 0 aliphatic carbocycles. The minimum Gasteiger partial charge on any atom is -0.375 e. The first-order chi connectivity index (χ1) is 14.3. The average molecular weight is 422 g/mol. The van der Waals surface area contributed by atoms with Crippen molar-refractivity contribution in [3.05, 3.63) is 59.5 Å². The SMILES string of the molecule is Nc1nc(-c2ccc(CCN3CCN(c4nsc5ccccc45)CC3)cc2)cs1. The lowest BCUT2D eigenvalue weighted by atomic mass is 10.1. The lowest BCUT2D eigenvalue weighted by Gasteiger charge is -2.35. The zero-order chi connectivity index (χ0) is 19.6.